The molecule has 0 bridgehead atoms. The van der Waals surface area contributed by atoms with Crippen molar-refractivity contribution in [2.45, 2.75) is 77.0 Å². The highest BCUT2D eigenvalue weighted by atomic mass is 16.2. The van der Waals surface area contributed by atoms with Crippen LogP contribution in [-0.2, 0) is 24.1 Å². The van der Waals surface area contributed by atoms with Crippen molar-refractivity contribution in [2.24, 2.45) is 0 Å². The molecule has 4 rings (SSSR count). The molecule has 1 aliphatic carbocycles. The fourth-order valence-corrected chi connectivity index (χ4v) is 4.44. The lowest BCUT2D eigenvalue weighted by atomic mass is 9.92. The summed E-state index contributed by atoms with van der Waals surface area (Å²) in [6.07, 6.45) is 8.09. The molecule has 0 unspecified atom stereocenters. The molecule has 1 saturated heterocycles. The van der Waals surface area contributed by atoms with Crippen molar-refractivity contribution >= 4 is 5.91 Å². The number of amides is 1. The van der Waals surface area contributed by atoms with Crippen LogP contribution >= 0.6 is 0 Å². The smallest absolute Gasteiger partial charge is 0.222 e. The number of nitrogens with one attached hydrogen (secondary N) is 2. The first-order valence-corrected chi connectivity index (χ1v) is 10.5. The molecule has 1 amide bonds. The van der Waals surface area contributed by atoms with E-state index in [-0.39, 0.29) is 5.91 Å². The van der Waals surface area contributed by atoms with Crippen LogP contribution in [-0.4, -0.2) is 44.3 Å². The number of rotatable bonds is 5. The van der Waals surface area contributed by atoms with Crippen LogP contribution < -0.4 is 0 Å². The first-order chi connectivity index (χ1) is 13.1. The van der Waals surface area contributed by atoms with Gasteiger partial charge in [0.05, 0.1) is 11.4 Å². The highest BCUT2D eigenvalue weighted by Crippen LogP contribution is 2.29. The van der Waals surface area contributed by atoms with Crippen molar-refractivity contribution in [3.05, 3.63) is 34.4 Å². The van der Waals surface area contributed by atoms with Crippen LogP contribution in [0.4, 0.5) is 0 Å². The number of aryl methyl sites for hydroxylation is 2. The van der Waals surface area contributed by atoms with Crippen LogP contribution in [0.3, 0.4) is 0 Å². The van der Waals surface area contributed by atoms with Crippen LogP contribution in [0.1, 0.15) is 86.1 Å². The fourth-order valence-electron chi connectivity index (χ4n) is 4.44. The predicted octanol–water partition coefficient (Wildman–Crippen LogP) is 3.47. The van der Waals surface area contributed by atoms with Gasteiger partial charge in [-0.25, -0.2) is 0 Å². The van der Waals surface area contributed by atoms with Crippen LogP contribution in [0.5, 0.6) is 0 Å². The molecule has 0 saturated carbocycles. The van der Waals surface area contributed by atoms with Crippen molar-refractivity contribution in [1.29, 1.82) is 0 Å². The molecule has 0 atom stereocenters. The molecule has 6 nitrogen and oxygen atoms in total. The zero-order valence-corrected chi connectivity index (χ0v) is 16.6. The fraction of sp³-hybridized carbons (Fsp3) is 0.667. The van der Waals surface area contributed by atoms with Gasteiger partial charge in [0.25, 0.3) is 0 Å². The second kappa shape index (κ2) is 7.87. The Morgan fingerprint density at radius 3 is 2.70 bits per heavy atom. The van der Waals surface area contributed by atoms with E-state index in [2.05, 4.69) is 40.3 Å². The number of hydrogen-bond donors (Lipinski definition) is 2. The van der Waals surface area contributed by atoms with E-state index in [0.29, 0.717) is 18.3 Å². The van der Waals surface area contributed by atoms with Gasteiger partial charge in [0.15, 0.2) is 0 Å². The summed E-state index contributed by atoms with van der Waals surface area (Å²) in [6.45, 7) is 6.02. The van der Waals surface area contributed by atoms with Crippen molar-refractivity contribution in [2.75, 3.05) is 13.1 Å². The normalized spacial score (nSPS) is 18.1. The standard InChI is InChI=1S/C21H31N5O/c1-14(2)19-13-20(25-24-19)15-9-11-26(12-10-15)21(27)8-7-18-16-5-3-4-6-17(16)22-23-18/h13-15H,3-12H2,1-2H3,(H,22,23)(H,24,25). The van der Waals surface area contributed by atoms with E-state index in [1.165, 1.54) is 29.8 Å². The molecule has 2 aromatic heterocycles. The van der Waals surface area contributed by atoms with E-state index < -0.39 is 0 Å². The Morgan fingerprint density at radius 2 is 1.96 bits per heavy atom. The minimum Gasteiger partial charge on any atom is -0.343 e. The summed E-state index contributed by atoms with van der Waals surface area (Å²) >= 11 is 0. The molecule has 2 aromatic rings. The lowest BCUT2D eigenvalue weighted by Crippen LogP contribution is -2.38. The average Bonchev–Trinajstić information content (AvgIpc) is 3.34. The summed E-state index contributed by atoms with van der Waals surface area (Å²) in [5.41, 5.74) is 6.16. The van der Waals surface area contributed by atoms with Crippen LogP contribution in [0, 0.1) is 0 Å². The van der Waals surface area contributed by atoms with Crippen molar-refractivity contribution in [1.82, 2.24) is 25.3 Å². The number of fused-ring (bicyclic) bond motifs is 1. The molecule has 146 valence electrons. The van der Waals surface area contributed by atoms with Crippen LogP contribution in [0.15, 0.2) is 6.07 Å². The monoisotopic (exact) mass is 369 g/mol. The number of aromatic nitrogens is 4. The van der Waals surface area contributed by atoms with Gasteiger partial charge < -0.3 is 4.90 Å². The maximum Gasteiger partial charge on any atom is 0.222 e. The molecule has 2 N–H and O–H groups in total. The first kappa shape index (κ1) is 18.3. The van der Waals surface area contributed by atoms with Gasteiger partial charge in [0, 0.05) is 43.2 Å². The summed E-state index contributed by atoms with van der Waals surface area (Å²) in [7, 11) is 0. The number of hydrogen-bond acceptors (Lipinski definition) is 3. The number of carbonyl (C=O) groups is 1. The summed E-state index contributed by atoms with van der Waals surface area (Å²) in [5, 5.41) is 15.3. The number of nitrogens with zero attached hydrogens (tertiary/aromatic N) is 3. The Labute approximate surface area is 161 Å². The molecular formula is C21H31N5O. The number of aromatic amines is 2. The number of H-pyrrole nitrogens is 2. The number of carbonyl (C=O) groups excluding carboxylic acids is 1. The molecular weight excluding hydrogens is 338 g/mol. The second-order valence-electron chi connectivity index (χ2n) is 8.39. The van der Waals surface area contributed by atoms with Gasteiger partial charge in [0.2, 0.25) is 5.91 Å². The van der Waals surface area contributed by atoms with Crippen molar-refractivity contribution in [3.63, 3.8) is 0 Å². The molecule has 2 aliphatic rings. The minimum absolute atomic E-state index is 0.272. The summed E-state index contributed by atoms with van der Waals surface area (Å²) in [5.74, 6) is 1.21. The van der Waals surface area contributed by atoms with Gasteiger partial charge >= 0.3 is 0 Å². The number of piperidine rings is 1. The van der Waals surface area contributed by atoms with E-state index in [1.807, 2.05) is 4.90 Å². The zero-order valence-electron chi connectivity index (χ0n) is 16.6. The zero-order chi connectivity index (χ0) is 18.8. The molecule has 0 spiro atoms. The molecule has 0 radical (unpaired) electrons. The largest absolute Gasteiger partial charge is 0.343 e. The van der Waals surface area contributed by atoms with Gasteiger partial charge in [-0.3, -0.25) is 15.0 Å². The maximum absolute atomic E-state index is 12.7. The quantitative estimate of drug-likeness (QED) is 0.847. The summed E-state index contributed by atoms with van der Waals surface area (Å²) < 4.78 is 0. The van der Waals surface area contributed by atoms with Gasteiger partial charge in [-0.15, -0.1) is 0 Å². The van der Waals surface area contributed by atoms with E-state index in [9.17, 15) is 4.79 Å². The van der Waals surface area contributed by atoms with E-state index in [1.54, 1.807) is 0 Å². The highest BCUT2D eigenvalue weighted by molar-refractivity contribution is 5.76. The molecule has 1 aliphatic heterocycles. The topological polar surface area (TPSA) is 77.7 Å². The third kappa shape index (κ3) is 3.94. The Kier molecular flexibility index (Phi) is 5.32. The van der Waals surface area contributed by atoms with Gasteiger partial charge in [-0.1, -0.05) is 13.8 Å². The SMILES string of the molecule is CC(C)c1cc(C2CCN(C(=O)CCc3n[nH]c4c3CCCC4)CC2)[nH]n1. The van der Waals surface area contributed by atoms with Crippen molar-refractivity contribution in [3.8, 4) is 0 Å². The Bertz CT molecular complexity index is 782. The molecule has 3 heterocycles. The lowest BCUT2D eigenvalue weighted by molar-refractivity contribution is -0.132. The Hall–Kier alpha value is -2.11. The van der Waals surface area contributed by atoms with Crippen molar-refractivity contribution < 1.29 is 4.79 Å². The Morgan fingerprint density at radius 1 is 1.19 bits per heavy atom. The van der Waals surface area contributed by atoms with E-state index in [0.717, 1.165) is 56.6 Å². The van der Waals surface area contributed by atoms with E-state index in [4.69, 9.17) is 0 Å². The first-order valence-electron chi connectivity index (χ1n) is 10.5. The molecule has 27 heavy (non-hydrogen) atoms. The summed E-state index contributed by atoms with van der Waals surface area (Å²) in [4.78, 5) is 14.7. The number of likely N-dealkylation sites (tertiary alicyclic amines) is 1. The third-order valence-corrected chi connectivity index (χ3v) is 6.21. The second-order valence-corrected chi connectivity index (χ2v) is 8.39. The van der Waals surface area contributed by atoms with Gasteiger partial charge in [-0.05, 0) is 56.1 Å². The predicted molar refractivity (Wildman–Crippen MR) is 105 cm³/mol. The average molecular weight is 370 g/mol. The Balaban J connectivity index is 1.28. The summed E-state index contributed by atoms with van der Waals surface area (Å²) in [6, 6.07) is 2.20. The third-order valence-electron chi connectivity index (χ3n) is 6.21. The van der Waals surface area contributed by atoms with Crippen LogP contribution in [0.2, 0.25) is 0 Å². The molecule has 0 aromatic carbocycles. The molecule has 6 heteroatoms. The molecule has 1 fully saturated rings. The minimum atomic E-state index is 0.272. The van der Waals surface area contributed by atoms with Gasteiger partial charge in [-0.2, -0.15) is 10.2 Å². The lowest BCUT2D eigenvalue weighted by Gasteiger charge is -2.31. The highest BCUT2D eigenvalue weighted by Gasteiger charge is 2.26. The van der Waals surface area contributed by atoms with E-state index >= 15 is 0 Å². The maximum atomic E-state index is 12.7. The van der Waals surface area contributed by atoms with Crippen LogP contribution in [0.25, 0.3) is 0 Å². The van der Waals surface area contributed by atoms with Gasteiger partial charge in [0.1, 0.15) is 0 Å².